The van der Waals surface area contributed by atoms with Gasteiger partial charge in [-0.2, -0.15) is 0 Å². The number of aromatic nitrogens is 4. The van der Waals surface area contributed by atoms with Crippen molar-refractivity contribution in [1.29, 1.82) is 0 Å². The van der Waals surface area contributed by atoms with Crippen LogP contribution in [0.4, 0.5) is 4.39 Å². The van der Waals surface area contributed by atoms with Crippen LogP contribution in [0.1, 0.15) is 35.4 Å². The van der Waals surface area contributed by atoms with E-state index >= 15 is 4.39 Å². The molecule has 5 heterocycles. The molecule has 3 atom stereocenters. The van der Waals surface area contributed by atoms with E-state index in [1.54, 1.807) is 59.3 Å². The summed E-state index contributed by atoms with van der Waals surface area (Å²) in [5.74, 6) is -0.301. The van der Waals surface area contributed by atoms with Crippen LogP contribution in [-0.2, 0) is 16.1 Å². The number of halogens is 1. The average Bonchev–Trinajstić information content (AvgIpc) is 3.81. The van der Waals surface area contributed by atoms with Crippen LogP contribution in [0, 0.1) is 0 Å². The van der Waals surface area contributed by atoms with Gasteiger partial charge in [0.25, 0.3) is 5.91 Å². The number of aromatic amines is 1. The highest BCUT2D eigenvalue weighted by Gasteiger charge is 2.49. The standard InChI is InChI=1S/C33H30FN7O4S/c1-20(24-12-22-15-35-9-8-23(22)39-24)38-32(44)25-14-33(34,17-40-11-10-36-19-40)18-41(25)30(42)16-37-31(43)21-6-7-29-27(13-21)45-26-4-2-3-5-28(26)46-29/h2-13,15,19-20,25,39H,14,16-18H2,1H3,(H,37,43)(H,38,44)/t20?,25-,33-/m0/s1. The summed E-state index contributed by atoms with van der Waals surface area (Å²) < 4.78 is 23.9. The first kappa shape index (κ1) is 29.5. The molecule has 7 rings (SSSR count). The Morgan fingerprint density at radius 1 is 1.11 bits per heavy atom. The van der Waals surface area contributed by atoms with Gasteiger partial charge >= 0.3 is 0 Å². The average molecular weight is 640 g/mol. The largest absolute Gasteiger partial charge is 0.455 e. The summed E-state index contributed by atoms with van der Waals surface area (Å²) in [6.07, 6.45) is 7.85. The maximum Gasteiger partial charge on any atom is 0.251 e. The number of nitrogens with zero attached hydrogens (tertiary/aromatic N) is 4. The first-order chi connectivity index (χ1) is 22.2. The molecule has 3 aromatic heterocycles. The van der Waals surface area contributed by atoms with E-state index in [1.807, 2.05) is 43.3 Å². The summed E-state index contributed by atoms with van der Waals surface area (Å²) in [4.78, 5) is 54.7. The van der Waals surface area contributed by atoms with Crippen LogP contribution < -0.4 is 15.4 Å². The van der Waals surface area contributed by atoms with E-state index in [0.29, 0.717) is 17.1 Å². The number of carbonyl (C=O) groups is 3. The van der Waals surface area contributed by atoms with Gasteiger partial charge in [-0.25, -0.2) is 9.37 Å². The Hall–Kier alpha value is -5.17. The molecule has 46 heavy (non-hydrogen) atoms. The highest BCUT2D eigenvalue weighted by molar-refractivity contribution is 7.99. The van der Waals surface area contributed by atoms with Crippen molar-refractivity contribution in [2.45, 2.75) is 47.4 Å². The van der Waals surface area contributed by atoms with E-state index in [1.165, 1.54) is 11.2 Å². The van der Waals surface area contributed by atoms with Gasteiger partial charge in [-0.05, 0) is 49.4 Å². The summed E-state index contributed by atoms with van der Waals surface area (Å²) >= 11 is 1.54. The van der Waals surface area contributed by atoms with Gasteiger partial charge in [0, 0.05) is 53.4 Å². The molecule has 0 spiro atoms. The molecule has 2 aliphatic rings. The van der Waals surface area contributed by atoms with Gasteiger partial charge in [0.2, 0.25) is 11.8 Å². The zero-order valence-corrected chi connectivity index (χ0v) is 25.6. The number of ether oxygens (including phenoxy) is 1. The Balaban J connectivity index is 1.04. The minimum atomic E-state index is -1.89. The smallest absolute Gasteiger partial charge is 0.251 e. The second kappa shape index (κ2) is 12.0. The third kappa shape index (κ3) is 5.93. The van der Waals surface area contributed by atoms with Crippen LogP contribution in [0.2, 0.25) is 0 Å². The Kier molecular flexibility index (Phi) is 7.69. The number of para-hydroxylation sites is 1. The second-order valence-electron chi connectivity index (χ2n) is 11.5. The van der Waals surface area contributed by atoms with Crippen LogP contribution >= 0.6 is 11.8 Å². The van der Waals surface area contributed by atoms with Crippen LogP contribution in [0.25, 0.3) is 10.9 Å². The van der Waals surface area contributed by atoms with Crippen molar-refractivity contribution in [3.8, 4) is 11.5 Å². The lowest BCUT2D eigenvalue weighted by atomic mass is 10.0. The summed E-state index contributed by atoms with van der Waals surface area (Å²) in [6, 6.07) is 14.9. The molecule has 1 unspecified atom stereocenters. The lowest BCUT2D eigenvalue weighted by Gasteiger charge is -2.25. The number of alkyl halides is 1. The monoisotopic (exact) mass is 639 g/mol. The Bertz CT molecular complexity index is 1910. The predicted octanol–water partition coefficient (Wildman–Crippen LogP) is 4.63. The van der Waals surface area contributed by atoms with Gasteiger partial charge in [-0.3, -0.25) is 19.4 Å². The number of fused-ring (bicyclic) bond motifs is 3. The molecule has 11 nitrogen and oxygen atoms in total. The van der Waals surface area contributed by atoms with Gasteiger partial charge < -0.3 is 29.8 Å². The minimum Gasteiger partial charge on any atom is -0.455 e. The maximum atomic E-state index is 16.3. The molecule has 0 bridgehead atoms. The number of hydrogen-bond donors (Lipinski definition) is 3. The molecule has 2 aliphatic heterocycles. The number of nitrogens with one attached hydrogen (secondary N) is 3. The van der Waals surface area contributed by atoms with Crippen LogP contribution in [0.5, 0.6) is 11.5 Å². The Morgan fingerprint density at radius 2 is 1.96 bits per heavy atom. The number of H-pyrrole nitrogens is 1. The number of likely N-dealkylation sites (tertiary alicyclic amines) is 1. The van der Waals surface area contributed by atoms with Crippen molar-refractivity contribution in [3.63, 3.8) is 0 Å². The van der Waals surface area contributed by atoms with Crippen molar-refractivity contribution in [2.24, 2.45) is 0 Å². The summed E-state index contributed by atoms with van der Waals surface area (Å²) in [7, 11) is 0. The fourth-order valence-electron chi connectivity index (χ4n) is 5.90. The lowest BCUT2D eigenvalue weighted by molar-refractivity contribution is -0.138. The second-order valence-corrected chi connectivity index (χ2v) is 12.6. The molecule has 1 saturated heterocycles. The van der Waals surface area contributed by atoms with Crippen molar-refractivity contribution < 1.29 is 23.5 Å². The number of carbonyl (C=O) groups excluding carboxylic acids is 3. The third-order valence-electron chi connectivity index (χ3n) is 8.20. The number of hydrogen-bond acceptors (Lipinski definition) is 7. The van der Waals surface area contributed by atoms with Gasteiger partial charge in [-0.1, -0.05) is 23.9 Å². The molecule has 1 fully saturated rings. The fourth-order valence-corrected chi connectivity index (χ4v) is 6.83. The van der Waals surface area contributed by atoms with E-state index in [0.717, 1.165) is 26.4 Å². The van der Waals surface area contributed by atoms with Gasteiger partial charge in [-0.15, -0.1) is 0 Å². The van der Waals surface area contributed by atoms with E-state index in [9.17, 15) is 14.4 Å². The van der Waals surface area contributed by atoms with Crippen molar-refractivity contribution in [3.05, 3.63) is 97.0 Å². The van der Waals surface area contributed by atoms with Gasteiger partial charge in [0.1, 0.15) is 23.2 Å². The first-order valence-electron chi connectivity index (χ1n) is 14.8. The molecule has 13 heteroatoms. The molecule has 0 saturated carbocycles. The number of benzene rings is 2. The Labute approximate surface area is 267 Å². The highest BCUT2D eigenvalue weighted by atomic mass is 32.2. The normalized spacial score (nSPS) is 19.2. The lowest BCUT2D eigenvalue weighted by Crippen LogP contribution is -2.49. The number of imidazole rings is 1. The maximum absolute atomic E-state index is 16.3. The first-order valence-corrected chi connectivity index (χ1v) is 15.6. The molecule has 2 aromatic carbocycles. The molecule has 234 valence electrons. The van der Waals surface area contributed by atoms with E-state index in [2.05, 4.69) is 25.6 Å². The fraction of sp³-hybridized carbons (Fsp3) is 0.242. The topological polar surface area (TPSA) is 134 Å². The molecule has 3 N–H and O–H groups in total. The summed E-state index contributed by atoms with van der Waals surface area (Å²) in [6.45, 7) is 1.01. The zero-order valence-electron chi connectivity index (χ0n) is 24.8. The number of pyridine rings is 1. The van der Waals surface area contributed by atoms with Crippen LogP contribution in [-0.4, -0.2) is 66.9 Å². The molecule has 5 aromatic rings. The van der Waals surface area contributed by atoms with Crippen molar-refractivity contribution >= 4 is 40.4 Å². The summed E-state index contributed by atoms with van der Waals surface area (Å²) in [5.41, 5.74) is 0.0453. The molecule has 0 aliphatic carbocycles. The van der Waals surface area contributed by atoms with E-state index in [-0.39, 0.29) is 19.5 Å². The molecular formula is C33H30FN7O4S. The number of amides is 3. The molecular weight excluding hydrogens is 609 g/mol. The van der Waals surface area contributed by atoms with Gasteiger partial charge in [0.05, 0.1) is 41.8 Å². The Morgan fingerprint density at radius 3 is 2.78 bits per heavy atom. The van der Waals surface area contributed by atoms with Crippen molar-refractivity contribution in [2.75, 3.05) is 13.1 Å². The van der Waals surface area contributed by atoms with Gasteiger partial charge in [0.15, 0.2) is 0 Å². The summed E-state index contributed by atoms with van der Waals surface area (Å²) in [5, 5.41) is 6.47. The van der Waals surface area contributed by atoms with Crippen molar-refractivity contribution in [1.82, 2.24) is 35.1 Å². The van der Waals surface area contributed by atoms with Crippen LogP contribution in [0.3, 0.4) is 0 Å². The molecule has 0 radical (unpaired) electrons. The minimum absolute atomic E-state index is 0.0756. The quantitative estimate of drug-likeness (QED) is 0.221. The molecule has 3 amide bonds. The van der Waals surface area contributed by atoms with E-state index < -0.39 is 42.0 Å². The third-order valence-corrected chi connectivity index (χ3v) is 9.31. The number of rotatable bonds is 8. The predicted molar refractivity (Wildman–Crippen MR) is 168 cm³/mol. The zero-order chi connectivity index (χ0) is 31.8. The van der Waals surface area contributed by atoms with Crippen LogP contribution in [0.15, 0.2) is 95.5 Å². The SMILES string of the molecule is CC(NC(=O)[C@@H]1C[C@](F)(Cn2ccnc2)CN1C(=O)CNC(=O)c1ccc2c(c1)Oc1ccccc1S2)c1cc2cnccc2[nH]1. The highest BCUT2D eigenvalue weighted by Crippen LogP contribution is 2.47. The van der Waals surface area contributed by atoms with E-state index in [4.69, 9.17) is 4.74 Å².